The Morgan fingerprint density at radius 3 is 1.02 bits per heavy atom. The maximum atomic E-state index is 12.7. The third-order valence-corrected chi connectivity index (χ3v) is 10.6. The standard InChI is InChI=1S/C51H92O6/c1-4-7-10-13-16-19-21-22-23-24-25-26-27-28-30-32-35-38-41-44-50(53)56-47-48(46-55-49(52)43-40-37-34-31-18-15-12-9-6-3)57-51(54)45-42-39-36-33-29-20-17-14-11-8-5-2/h14,17,24-25,31,34,48H,4-13,15-16,18-23,26-30,32-33,35-47H2,1-3H3/b17-14-,25-24-,34-31-. The maximum Gasteiger partial charge on any atom is 0.306 e. The van der Waals surface area contributed by atoms with E-state index in [0.29, 0.717) is 19.3 Å². The molecule has 6 nitrogen and oxygen atoms in total. The van der Waals surface area contributed by atoms with Crippen molar-refractivity contribution in [3.8, 4) is 0 Å². The Morgan fingerprint density at radius 1 is 0.333 bits per heavy atom. The summed E-state index contributed by atoms with van der Waals surface area (Å²) in [5.41, 5.74) is 0. The van der Waals surface area contributed by atoms with E-state index in [0.717, 1.165) is 70.6 Å². The van der Waals surface area contributed by atoms with Crippen LogP contribution in [0.1, 0.15) is 252 Å². The average Bonchev–Trinajstić information content (AvgIpc) is 3.21. The average molecular weight is 801 g/mol. The van der Waals surface area contributed by atoms with E-state index in [-0.39, 0.29) is 31.1 Å². The van der Waals surface area contributed by atoms with E-state index in [1.54, 1.807) is 0 Å². The number of hydrogen-bond acceptors (Lipinski definition) is 6. The van der Waals surface area contributed by atoms with E-state index in [1.807, 2.05) is 0 Å². The lowest BCUT2D eigenvalue weighted by Crippen LogP contribution is -2.30. The van der Waals surface area contributed by atoms with E-state index in [9.17, 15) is 14.4 Å². The van der Waals surface area contributed by atoms with E-state index in [2.05, 4.69) is 57.2 Å². The van der Waals surface area contributed by atoms with Crippen LogP contribution in [0.5, 0.6) is 0 Å². The molecule has 0 aliphatic heterocycles. The SMILES string of the molecule is CCCC/C=C\CCCCCCCC(=O)OC(COC(=O)CCC/C=C\CCCCCC)COC(=O)CCCCCCCCC/C=C\CCCCCCCCCC. The summed E-state index contributed by atoms with van der Waals surface area (Å²) in [7, 11) is 0. The molecule has 332 valence electrons. The van der Waals surface area contributed by atoms with Crippen molar-refractivity contribution in [3.05, 3.63) is 36.5 Å². The van der Waals surface area contributed by atoms with Gasteiger partial charge in [0.1, 0.15) is 13.2 Å². The van der Waals surface area contributed by atoms with Crippen LogP contribution in [0.4, 0.5) is 0 Å². The maximum absolute atomic E-state index is 12.7. The summed E-state index contributed by atoms with van der Waals surface area (Å²) < 4.78 is 16.7. The number of ether oxygens (including phenoxy) is 3. The summed E-state index contributed by atoms with van der Waals surface area (Å²) >= 11 is 0. The fraction of sp³-hybridized carbons (Fsp3) is 0.824. The molecule has 57 heavy (non-hydrogen) atoms. The molecule has 0 bridgehead atoms. The molecular weight excluding hydrogens is 709 g/mol. The van der Waals surface area contributed by atoms with E-state index < -0.39 is 6.10 Å². The topological polar surface area (TPSA) is 78.9 Å². The Labute approximate surface area is 353 Å². The molecule has 0 spiro atoms. The lowest BCUT2D eigenvalue weighted by Gasteiger charge is -2.18. The van der Waals surface area contributed by atoms with E-state index in [4.69, 9.17) is 14.2 Å². The lowest BCUT2D eigenvalue weighted by molar-refractivity contribution is -0.167. The van der Waals surface area contributed by atoms with Crippen molar-refractivity contribution in [3.63, 3.8) is 0 Å². The third kappa shape index (κ3) is 44.6. The van der Waals surface area contributed by atoms with Gasteiger partial charge in [0.15, 0.2) is 6.10 Å². The zero-order valence-electron chi connectivity index (χ0n) is 37.9. The highest BCUT2D eigenvalue weighted by molar-refractivity contribution is 5.71. The molecule has 0 amide bonds. The first-order valence-electron chi connectivity index (χ1n) is 24.5. The molecule has 6 heteroatoms. The number of rotatable bonds is 44. The summed E-state index contributed by atoms with van der Waals surface area (Å²) in [4.78, 5) is 37.7. The van der Waals surface area contributed by atoms with Crippen molar-refractivity contribution in [1.82, 2.24) is 0 Å². The second-order valence-electron chi connectivity index (χ2n) is 16.4. The number of unbranched alkanes of at least 4 members (excludes halogenated alkanes) is 27. The minimum atomic E-state index is -0.784. The Balaban J connectivity index is 4.28. The molecule has 0 radical (unpaired) electrons. The fourth-order valence-electron chi connectivity index (χ4n) is 6.83. The zero-order chi connectivity index (χ0) is 41.5. The Hall–Kier alpha value is -2.37. The fourth-order valence-corrected chi connectivity index (χ4v) is 6.83. The van der Waals surface area contributed by atoms with Gasteiger partial charge in [-0.3, -0.25) is 14.4 Å². The molecule has 0 aliphatic carbocycles. The van der Waals surface area contributed by atoms with E-state index >= 15 is 0 Å². The molecule has 0 fully saturated rings. The van der Waals surface area contributed by atoms with Crippen LogP contribution < -0.4 is 0 Å². The molecule has 0 aliphatic rings. The van der Waals surface area contributed by atoms with Gasteiger partial charge in [-0.1, -0.05) is 186 Å². The van der Waals surface area contributed by atoms with Crippen LogP contribution in [-0.2, 0) is 28.6 Å². The van der Waals surface area contributed by atoms with Gasteiger partial charge in [-0.2, -0.15) is 0 Å². The highest BCUT2D eigenvalue weighted by Crippen LogP contribution is 2.14. The zero-order valence-corrected chi connectivity index (χ0v) is 37.9. The Kier molecular flexibility index (Phi) is 44.4. The first-order chi connectivity index (χ1) is 28.0. The summed E-state index contributed by atoms with van der Waals surface area (Å²) in [5.74, 6) is -0.933. The molecule has 0 saturated heterocycles. The van der Waals surface area contributed by atoms with Crippen LogP contribution in [0.25, 0.3) is 0 Å². The molecule has 0 heterocycles. The minimum Gasteiger partial charge on any atom is -0.462 e. The molecule has 0 aromatic heterocycles. The highest BCUT2D eigenvalue weighted by atomic mass is 16.6. The predicted octanol–water partition coefficient (Wildman–Crippen LogP) is 15.8. The monoisotopic (exact) mass is 801 g/mol. The molecule has 0 aromatic rings. The van der Waals surface area contributed by atoms with Crippen LogP contribution in [0.15, 0.2) is 36.5 Å². The summed E-state index contributed by atoms with van der Waals surface area (Å²) in [6.07, 6.45) is 52.9. The number of carbonyl (C=O) groups is 3. The largest absolute Gasteiger partial charge is 0.462 e. The summed E-state index contributed by atoms with van der Waals surface area (Å²) in [5, 5.41) is 0. The highest BCUT2D eigenvalue weighted by Gasteiger charge is 2.19. The van der Waals surface area contributed by atoms with Gasteiger partial charge in [0.25, 0.3) is 0 Å². The number of allylic oxidation sites excluding steroid dienone is 6. The van der Waals surface area contributed by atoms with Gasteiger partial charge in [0.2, 0.25) is 0 Å². The minimum absolute atomic E-state index is 0.0853. The van der Waals surface area contributed by atoms with Crippen molar-refractivity contribution >= 4 is 17.9 Å². The van der Waals surface area contributed by atoms with Gasteiger partial charge in [-0.25, -0.2) is 0 Å². The quantitative estimate of drug-likeness (QED) is 0.0264. The van der Waals surface area contributed by atoms with Crippen molar-refractivity contribution in [2.24, 2.45) is 0 Å². The van der Waals surface area contributed by atoms with Crippen molar-refractivity contribution in [2.45, 2.75) is 258 Å². The van der Waals surface area contributed by atoms with Crippen molar-refractivity contribution in [1.29, 1.82) is 0 Å². The van der Waals surface area contributed by atoms with Crippen molar-refractivity contribution in [2.75, 3.05) is 13.2 Å². The molecule has 0 aromatic carbocycles. The van der Waals surface area contributed by atoms with Crippen LogP contribution >= 0.6 is 0 Å². The number of esters is 3. The van der Waals surface area contributed by atoms with Crippen LogP contribution in [-0.4, -0.2) is 37.2 Å². The summed E-state index contributed by atoms with van der Waals surface area (Å²) in [6.45, 7) is 6.53. The van der Waals surface area contributed by atoms with Crippen LogP contribution in [0.3, 0.4) is 0 Å². The Bertz CT molecular complexity index is 969. The second kappa shape index (κ2) is 46.3. The normalized spacial score (nSPS) is 12.3. The molecule has 0 rings (SSSR count). The number of hydrogen-bond donors (Lipinski definition) is 0. The van der Waals surface area contributed by atoms with Gasteiger partial charge in [0.05, 0.1) is 0 Å². The molecular formula is C51H92O6. The molecule has 0 N–H and O–H groups in total. The Morgan fingerprint density at radius 2 is 0.614 bits per heavy atom. The van der Waals surface area contributed by atoms with Crippen LogP contribution in [0, 0.1) is 0 Å². The predicted molar refractivity (Wildman–Crippen MR) is 242 cm³/mol. The van der Waals surface area contributed by atoms with Gasteiger partial charge >= 0.3 is 17.9 Å². The molecule has 1 atom stereocenters. The van der Waals surface area contributed by atoms with Gasteiger partial charge in [-0.05, 0) is 83.5 Å². The van der Waals surface area contributed by atoms with Gasteiger partial charge in [0, 0.05) is 19.3 Å². The molecule has 0 saturated carbocycles. The lowest BCUT2D eigenvalue weighted by atomic mass is 10.1. The van der Waals surface area contributed by atoms with Gasteiger partial charge in [-0.15, -0.1) is 0 Å². The second-order valence-corrected chi connectivity index (χ2v) is 16.4. The number of carbonyl (C=O) groups excluding carboxylic acids is 3. The van der Waals surface area contributed by atoms with E-state index in [1.165, 1.54) is 141 Å². The summed E-state index contributed by atoms with van der Waals surface area (Å²) in [6, 6.07) is 0. The first-order valence-corrected chi connectivity index (χ1v) is 24.5. The third-order valence-electron chi connectivity index (χ3n) is 10.6. The van der Waals surface area contributed by atoms with Gasteiger partial charge < -0.3 is 14.2 Å². The first kappa shape index (κ1) is 54.6. The smallest absolute Gasteiger partial charge is 0.306 e. The van der Waals surface area contributed by atoms with Crippen LogP contribution in [0.2, 0.25) is 0 Å². The van der Waals surface area contributed by atoms with Crippen molar-refractivity contribution < 1.29 is 28.6 Å². The molecule has 1 unspecified atom stereocenters.